The van der Waals surface area contributed by atoms with Gasteiger partial charge in [0.05, 0.1) is 6.54 Å². The molecule has 2 rings (SSSR count). The Labute approximate surface area is 113 Å². The molecule has 1 heterocycles. The van der Waals surface area contributed by atoms with Gasteiger partial charge in [0.1, 0.15) is 0 Å². The van der Waals surface area contributed by atoms with Crippen LogP contribution in [0.15, 0.2) is 35.7 Å². The Hall–Kier alpha value is -1.32. The molecule has 96 valence electrons. The van der Waals surface area contributed by atoms with Crippen LogP contribution in [0.3, 0.4) is 0 Å². The fraction of sp³-hybridized carbons (Fsp3) is 0.333. The number of nitrogens with one attached hydrogen (secondary N) is 1. The van der Waals surface area contributed by atoms with E-state index in [2.05, 4.69) is 59.9 Å². The molecular weight excluding hydrogens is 240 g/mol. The summed E-state index contributed by atoms with van der Waals surface area (Å²) in [6.07, 6.45) is 0. The summed E-state index contributed by atoms with van der Waals surface area (Å²) < 4.78 is 0. The predicted octanol–water partition coefficient (Wildman–Crippen LogP) is 3.41. The van der Waals surface area contributed by atoms with Crippen LogP contribution < -0.4 is 10.2 Å². The lowest BCUT2D eigenvalue weighted by Gasteiger charge is -2.22. The maximum absolute atomic E-state index is 3.24. The molecule has 0 aliphatic heterocycles. The van der Waals surface area contributed by atoms with Gasteiger partial charge in [0.15, 0.2) is 0 Å². The van der Waals surface area contributed by atoms with Crippen molar-refractivity contribution in [1.29, 1.82) is 0 Å². The highest BCUT2D eigenvalue weighted by atomic mass is 32.1. The third kappa shape index (κ3) is 3.12. The summed E-state index contributed by atoms with van der Waals surface area (Å²) in [4.78, 5) is 3.71. The predicted molar refractivity (Wildman–Crippen MR) is 80.4 cm³/mol. The first kappa shape index (κ1) is 13.1. The highest BCUT2D eigenvalue weighted by Crippen LogP contribution is 2.23. The number of hydrogen-bond acceptors (Lipinski definition) is 3. The lowest BCUT2D eigenvalue weighted by atomic mass is 10.1. The molecule has 0 saturated heterocycles. The molecule has 0 spiro atoms. The van der Waals surface area contributed by atoms with Crippen LogP contribution >= 0.6 is 11.3 Å². The van der Waals surface area contributed by atoms with Crippen LogP contribution in [0.25, 0.3) is 0 Å². The highest BCUT2D eigenvalue weighted by Gasteiger charge is 2.08. The normalized spacial score (nSPS) is 10.6. The number of thiophene rings is 1. The molecule has 0 aliphatic rings. The average molecular weight is 260 g/mol. The van der Waals surface area contributed by atoms with Gasteiger partial charge in [-0.05, 0) is 37.0 Å². The van der Waals surface area contributed by atoms with Gasteiger partial charge in [-0.2, -0.15) is 0 Å². The number of hydrogen-bond donors (Lipinski definition) is 1. The fourth-order valence-corrected chi connectivity index (χ4v) is 2.90. The molecule has 0 radical (unpaired) electrons. The molecule has 1 N–H and O–H groups in total. The lowest BCUT2D eigenvalue weighted by Crippen LogP contribution is -2.19. The van der Waals surface area contributed by atoms with E-state index in [1.165, 1.54) is 21.7 Å². The first-order valence-electron chi connectivity index (χ1n) is 6.18. The van der Waals surface area contributed by atoms with Crippen molar-refractivity contribution in [3.05, 3.63) is 51.7 Å². The van der Waals surface area contributed by atoms with Gasteiger partial charge in [-0.3, -0.25) is 0 Å². The van der Waals surface area contributed by atoms with E-state index in [0.717, 1.165) is 13.1 Å². The maximum atomic E-state index is 3.24. The molecule has 0 atom stereocenters. The summed E-state index contributed by atoms with van der Waals surface area (Å²) in [7, 11) is 4.15. The van der Waals surface area contributed by atoms with E-state index >= 15 is 0 Å². The standard InChI is InChI=1S/C15H20N2S/c1-12-6-7-15(13(9-12)10-16-2)17(3)11-14-5-4-8-18-14/h4-9,16H,10-11H2,1-3H3. The molecule has 0 amide bonds. The Morgan fingerprint density at radius 1 is 1.28 bits per heavy atom. The van der Waals surface area contributed by atoms with E-state index in [9.17, 15) is 0 Å². The van der Waals surface area contributed by atoms with E-state index < -0.39 is 0 Å². The maximum Gasteiger partial charge on any atom is 0.0519 e. The quantitative estimate of drug-likeness (QED) is 0.886. The van der Waals surface area contributed by atoms with Crippen LogP contribution in [0.5, 0.6) is 0 Å². The smallest absolute Gasteiger partial charge is 0.0519 e. The highest BCUT2D eigenvalue weighted by molar-refractivity contribution is 7.09. The van der Waals surface area contributed by atoms with Gasteiger partial charge in [0.2, 0.25) is 0 Å². The Balaban J connectivity index is 2.20. The topological polar surface area (TPSA) is 15.3 Å². The van der Waals surface area contributed by atoms with Crippen molar-refractivity contribution in [2.24, 2.45) is 0 Å². The van der Waals surface area contributed by atoms with Gasteiger partial charge >= 0.3 is 0 Å². The first-order chi connectivity index (χ1) is 8.70. The molecular formula is C15H20N2S. The Kier molecular flexibility index (Phi) is 4.39. The van der Waals surface area contributed by atoms with Crippen molar-refractivity contribution < 1.29 is 0 Å². The Morgan fingerprint density at radius 3 is 2.78 bits per heavy atom. The summed E-state index contributed by atoms with van der Waals surface area (Å²) in [5.41, 5.74) is 3.98. The van der Waals surface area contributed by atoms with Gasteiger partial charge in [0.25, 0.3) is 0 Å². The second-order valence-corrected chi connectivity index (χ2v) is 5.63. The van der Waals surface area contributed by atoms with Crippen molar-refractivity contribution in [1.82, 2.24) is 5.32 Å². The molecule has 18 heavy (non-hydrogen) atoms. The van der Waals surface area contributed by atoms with E-state index in [4.69, 9.17) is 0 Å². The van der Waals surface area contributed by atoms with Crippen molar-refractivity contribution in [2.75, 3.05) is 19.0 Å². The minimum absolute atomic E-state index is 0.909. The van der Waals surface area contributed by atoms with Crippen LogP contribution in [0.1, 0.15) is 16.0 Å². The largest absolute Gasteiger partial charge is 0.369 e. The van der Waals surface area contributed by atoms with Crippen LogP contribution in [0.4, 0.5) is 5.69 Å². The second-order valence-electron chi connectivity index (χ2n) is 4.60. The van der Waals surface area contributed by atoms with Crippen molar-refractivity contribution in [3.8, 4) is 0 Å². The van der Waals surface area contributed by atoms with Crippen LogP contribution in [0.2, 0.25) is 0 Å². The summed E-state index contributed by atoms with van der Waals surface area (Å²) in [6, 6.07) is 11.0. The van der Waals surface area contributed by atoms with E-state index in [-0.39, 0.29) is 0 Å². The van der Waals surface area contributed by atoms with Crippen molar-refractivity contribution >= 4 is 17.0 Å². The van der Waals surface area contributed by atoms with Crippen molar-refractivity contribution in [2.45, 2.75) is 20.0 Å². The number of rotatable bonds is 5. The molecule has 0 unspecified atom stereocenters. The molecule has 2 nitrogen and oxygen atoms in total. The van der Waals surface area contributed by atoms with E-state index in [1.54, 1.807) is 0 Å². The molecule has 1 aromatic heterocycles. The Morgan fingerprint density at radius 2 is 2.11 bits per heavy atom. The Bertz CT molecular complexity index is 491. The third-order valence-corrected chi connectivity index (χ3v) is 3.85. The van der Waals surface area contributed by atoms with Crippen molar-refractivity contribution in [3.63, 3.8) is 0 Å². The van der Waals surface area contributed by atoms with Gasteiger partial charge in [-0.1, -0.05) is 23.8 Å². The third-order valence-electron chi connectivity index (χ3n) is 2.99. The van der Waals surface area contributed by atoms with Crippen LogP contribution in [0, 0.1) is 6.92 Å². The monoisotopic (exact) mass is 260 g/mol. The molecule has 0 fully saturated rings. The summed E-state index contributed by atoms with van der Waals surface area (Å²) in [5, 5.41) is 5.37. The number of nitrogens with zero attached hydrogens (tertiary/aromatic N) is 1. The summed E-state index contributed by atoms with van der Waals surface area (Å²) in [6.45, 7) is 4.02. The number of aryl methyl sites for hydroxylation is 1. The van der Waals surface area contributed by atoms with Crippen LogP contribution in [-0.2, 0) is 13.1 Å². The average Bonchev–Trinajstić information content (AvgIpc) is 2.82. The SMILES string of the molecule is CNCc1cc(C)ccc1N(C)Cc1cccs1. The minimum atomic E-state index is 0.909. The number of anilines is 1. The summed E-state index contributed by atoms with van der Waals surface area (Å²) >= 11 is 1.81. The molecule has 0 bridgehead atoms. The van der Waals surface area contributed by atoms with Gasteiger partial charge in [-0.15, -0.1) is 11.3 Å². The lowest BCUT2D eigenvalue weighted by molar-refractivity contribution is 0.806. The minimum Gasteiger partial charge on any atom is -0.369 e. The first-order valence-corrected chi connectivity index (χ1v) is 7.06. The molecule has 3 heteroatoms. The molecule has 0 saturated carbocycles. The second kappa shape index (κ2) is 6.03. The zero-order chi connectivity index (χ0) is 13.0. The van der Waals surface area contributed by atoms with E-state index in [1.807, 2.05) is 18.4 Å². The molecule has 0 aliphatic carbocycles. The fourth-order valence-electron chi connectivity index (χ4n) is 2.14. The number of benzene rings is 1. The zero-order valence-corrected chi connectivity index (χ0v) is 12.1. The van der Waals surface area contributed by atoms with Gasteiger partial charge in [-0.25, -0.2) is 0 Å². The van der Waals surface area contributed by atoms with Gasteiger partial charge in [0, 0.05) is 24.2 Å². The van der Waals surface area contributed by atoms with E-state index in [0.29, 0.717) is 0 Å². The van der Waals surface area contributed by atoms with Gasteiger partial charge < -0.3 is 10.2 Å². The van der Waals surface area contributed by atoms with Crippen LogP contribution in [-0.4, -0.2) is 14.1 Å². The molecule has 1 aromatic carbocycles. The zero-order valence-electron chi connectivity index (χ0n) is 11.2. The molecule has 2 aromatic rings. The summed E-state index contributed by atoms with van der Waals surface area (Å²) in [5.74, 6) is 0.